The third-order valence-electron chi connectivity index (χ3n) is 4.38. The molecule has 140 valence electrons. The predicted molar refractivity (Wildman–Crippen MR) is 104 cm³/mol. The Hall–Kier alpha value is -2.34. The van der Waals surface area contributed by atoms with Gasteiger partial charge in [0.25, 0.3) is 11.7 Å². The SMILES string of the molecule is COCCN1C(=O)C(=O)/C(=C(/O)c2ccccc2)C1c1ccc(Cl)c(Cl)c1. The maximum atomic E-state index is 12.7. The Bertz CT molecular complexity index is 911. The van der Waals surface area contributed by atoms with Gasteiger partial charge in [0, 0.05) is 19.2 Å². The van der Waals surface area contributed by atoms with E-state index < -0.39 is 17.7 Å². The fourth-order valence-corrected chi connectivity index (χ4v) is 3.39. The molecule has 1 N–H and O–H groups in total. The molecule has 1 unspecified atom stereocenters. The Kier molecular flexibility index (Phi) is 5.85. The first-order valence-corrected chi connectivity index (χ1v) is 8.99. The molecule has 3 rings (SSSR count). The van der Waals surface area contributed by atoms with Crippen molar-refractivity contribution in [3.63, 3.8) is 0 Å². The monoisotopic (exact) mass is 405 g/mol. The summed E-state index contributed by atoms with van der Waals surface area (Å²) in [5.74, 6) is -1.67. The average Bonchev–Trinajstić information content (AvgIpc) is 2.93. The summed E-state index contributed by atoms with van der Waals surface area (Å²) in [5, 5.41) is 11.5. The highest BCUT2D eigenvalue weighted by molar-refractivity contribution is 6.46. The van der Waals surface area contributed by atoms with E-state index in [-0.39, 0.29) is 24.5 Å². The Labute approximate surface area is 166 Å². The summed E-state index contributed by atoms with van der Waals surface area (Å²) in [6.07, 6.45) is 0. The molecule has 1 saturated heterocycles. The second kappa shape index (κ2) is 8.13. The molecule has 0 bridgehead atoms. The van der Waals surface area contributed by atoms with E-state index in [4.69, 9.17) is 27.9 Å². The maximum absolute atomic E-state index is 12.7. The quantitative estimate of drug-likeness (QED) is 0.462. The van der Waals surface area contributed by atoms with Crippen LogP contribution >= 0.6 is 23.2 Å². The van der Waals surface area contributed by atoms with Gasteiger partial charge in [-0.05, 0) is 17.7 Å². The molecule has 1 heterocycles. The van der Waals surface area contributed by atoms with Crippen LogP contribution in [-0.2, 0) is 14.3 Å². The number of methoxy groups -OCH3 is 1. The molecule has 2 aromatic carbocycles. The van der Waals surface area contributed by atoms with Crippen molar-refractivity contribution in [3.05, 3.63) is 75.3 Å². The summed E-state index contributed by atoms with van der Waals surface area (Å²) in [5.41, 5.74) is 1.05. The van der Waals surface area contributed by atoms with Gasteiger partial charge in [0.05, 0.1) is 28.3 Å². The molecule has 2 aromatic rings. The van der Waals surface area contributed by atoms with Crippen LogP contribution in [0.5, 0.6) is 0 Å². The molecule has 1 amide bonds. The van der Waals surface area contributed by atoms with Crippen molar-refractivity contribution in [2.24, 2.45) is 0 Å². The van der Waals surface area contributed by atoms with Gasteiger partial charge in [-0.3, -0.25) is 9.59 Å². The van der Waals surface area contributed by atoms with Crippen molar-refractivity contribution in [2.45, 2.75) is 6.04 Å². The minimum Gasteiger partial charge on any atom is -0.507 e. The van der Waals surface area contributed by atoms with Crippen LogP contribution in [0.4, 0.5) is 0 Å². The molecule has 27 heavy (non-hydrogen) atoms. The third kappa shape index (κ3) is 3.72. The van der Waals surface area contributed by atoms with Crippen LogP contribution in [0, 0.1) is 0 Å². The lowest BCUT2D eigenvalue weighted by atomic mass is 9.95. The Morgan fingerprint density at radius 2 is 1.81 bits per heavy atom. The van der Waals surface area contributed by atoms with Crippen LogP contribution < -0.4 is 0 Å². The fourth-order valence-electron chi connectivity index (χ4n) is 3.08. The van der Waals surface area contributed by atoms with Gasteiger partial charge < -0.3 is 14.7 Å². The number of Topliss-reactive ketones (excluding diaryl/α,β-unsaturated/α-hetero) is 1. The topological polar surface area (TPSA) is 66.8 Å². The Morgan fingerprint density at radius 1 is 1.11 bits per heavy atom. The number of carbonyl (C=O) groups is 2. The van der Waals surface area contributed by atoms with Crippen LogP contribution in [0.1, 0.15) is 17.2 Å². The number of ether oxygens (including phenoxy) is 1. The molecular weight excluding hydrogens is 389 g/mol. The van der Waals surface area contributed by atoms with Crippen molar-refractivity contribution < 1.29 is 19.4 Å². The van der Waals surface area contributed by atoms with Crippen LogP contribution in [0.15, 0.2) is 54.1 Å². The van der Waals surface area contributed by atoms with E-state index >= 15 is 0 Å². The molecule has 0 radical (unpaired) electrons. The number of benzene rings is 2. The lowest BCUT2D eigenvalue weighted by Gasteiger charge is -2.25. The smallest absolute Gasteiger partial charge is 0.295 e. The minimum absolute atomic E-state index is 0.0145. The summed E-state index contributed by atoms with van der Waals surface area (Å²) in [7, 11) is 1.51. The molecule has 0 aromatic heterocycles. The number of rotatable bonds is 5. The number of likely N-dealkylation sites (tertiary alicyclic amines) is 1. The number of carbonyl (C=O) groups excluding carboxylic acids is 2. The number of halogens is 2. The summed E-state index contributed by atoms with van der Waals surface area (Å²) < 4.78 is 5.06. The molecule has 0 spiro atoms. The number of amides is 1. The molecule has 1 atom stereocenters. The zero-order chi connectivity index (χ0) is 19.6. The second-order valence-corrected chi connectivity index (χ2v) is 6.84. The van der Waals surface area contributed by atoms with Crippen molar-refractivity contribution in [1.82, 2.24) is 4.90 Å². The summed E-state index contributed by atoms with van der Waals surface area (Å²) >= 11 is 12.1. The van der Waals surface area contributed by atoms with E-state index in [0.717, 1.165) is 0 Å². The third-order valence-corrected chi connectivity index (χ3v) is 5.12. The van der Waals surface area contributed by atoms with E-state index in [9.17, 15) is 14.7 Å². The lowest BCUT2D eigenvalue weighted by Crippen LogP contribution is -2.32. The summed E-state index contributed by atoms with van der Waals surface area (Å²) in [6.45, 7) is 0.438. The van der Waals surface area contributed by atoms with Crippen molar-refractivity contribution in [2.75, 3.05) is 20.3 Å². The number of hydrogen-bond acceptors (Lipinski definition) is 4. The minimum atomic E-state index is -0.782. The Balaban J connectivity index is 2.18. The normalized spacial score (nSPS) is 18.9. The molecule has 1 aliphatic heterocycles. The van der Waals surface area contributed by atoms with E-state index in [2.05, 4.69) is 0 Å². The van der Waals surface area contributed by atoms with Gasteiger partial charge in [0.15, 0.2) is 0 Å². The summed E-state index contributed by atoms with van der Waals surface area (Å²) in [6, 6.07) is 12.7. The summed E-state index contributed by atoms with van der Waals surface area (Å²) in [4.78, 5) is 26.7. The first-order chi connectivity index (χ1) is 13.0. The second-order valence-electron chi connectivity index (χ2n) is 6.02. The highest BCUT2D eigenvalue weighted by Crippen LogP contribution is 2.40. The van der Waals surface area contributed by atoms with Crippen molar-refractivity contribution in [3.8, 4) is 0 Å². The van der Waals surface area contributed by atoms with Gasteiger partial charge in [0.1, 0.15) is 5.76 Å². The number of ketones is 1. The predicted octanol–water partition coefficient (Wildman–Crippen LogP) is 4.06. The van der Waals surface area contributed by atoms with E-state index in [0.29, 0.717) is 21.2 Å². The first-order valence-electron chi connectivity index (χ1n) is 8.23. The number of aliphatic hydroxyl groups excluding tert-OH is 1. The van der Waals surface area contributed by atoms with E-state index in [1.165, 1.54) is 12.0 Å². The Morgan fingerprint density at radius 3 is 2.44 bits per heavy atom. The lowest BCUT2D eigenvalue weighted by molar-refractivity contribution is -0.140. The van der Waals surface area contributed by atoms with Crippen LogP contribution in [0.3, 0.4) is 0 Å². The molecule has 5 nitrogen and oxygen atoms in total. The first kappa shape index (κ1) is 19.4. The highest BCUT2D eigenvalue weighted by Gasteiger charge is 2.45. The van der Waals surface area contributed by atoms with Gasteiger partial charge in [0.2, 0.25) is 0 Å². The number of aliphatic hydroxyl groups is 1. The van der Waals surface area contributed by atoms with Crippen LogP contribution in [0.25, 0.3) is 5.76 Å². The van der Waals surface area contributed by atoms with Crippen molar-refractivity contribution in [1.29, 1.82) is 0 Å². The van der Waals surface area contributed by atoms with Gasteiger partial charge in [-0.1, -0.05) is 59.6 Å². The molecule has 0 aliphatic carbocycles. The molecule has 0 saturated carbocycles. The fraction of sp³-hybridized carbons (Fsp3) is 0.200. The maximum Gasteiger partial charge on any atom is 0.295 e. The van der Waals surface area contributed by atoms with Gasteiger partial charge in [-0.25, -0.2) is 0 Å². The number of nitrogens with zero attached hydrogens (tertiary/aromatic N) is 1. The van der Waals surface area contributed by atoms with Crippen LogP contribution in [0.2, 0.25) is 10.0 Å². The zero-order valence-corrected chi connectivity index (χ0v) is 16.0. The van der Waals surface area contributed by atoms with Gasteiger partial charge >= 0.3 is 0 Å². The van der Waals surface area contributed by atoms with E-state index in [1.807, 2.05) is 0 Å². The molecule has 7 heteroatoms. The average molecular weight is 406 g/mol. The van der Waals surface area contributed by atoms with Crippen molar-refractivity contribution >= 4 is 40.7 Å². The molecule has 1 fully saturated rings. The largest absolute Gasteiger partial charge is 0.507 e. The molecular formula is C20H17Cl2NO4. The number of hydrogen-bond donors (Lipinski definition) is 1. The highest BCUT2D eigenvalue weighted by atomic mass is 35.5. The van der Waals surface area contributed by atoms with Crippen LogP contribution in [-0.4, -0.2) is 42.0 Å². The zero-order valence-electron chi connectivity index (χ0n) is 14.5. The standard InChI is InChI=1S/C20H17Cl2NO4/c1-27-10-9-23-17(13-7-8-14(21)15(22)11-13)16(19(25)20(23)26)18(24)12-5-3-2-4-6-12/h2-8,11,17,24H,9-10H2,1H3/b18-16+. The van der Waals surface area contributed by atoms with E-state index in [1.54, 1.807) is 48.5 Å². The van der Waals surface area contributed by atoms with Gasteiger partial charge in [-0.15, -0.1) is 0 Å². The van der Waals surface area contributed by atoms with Gasteiger partial charge in [-0.2, -0.15) is 0 Å². The molecule has 1 aliphatic rings.